The zero-order chi connectivity index (χ0) is 27.6. The van der Waals surface area contributed by atoms with E-state index in [1.807, 2.05) is 26.8 Å². The quantitative estimate of drug-likeness (QED) is 0.290. The summed E-state index contributed by atoms with van der Waals surface area (Å²) in [5, 5.41) is 9.31. The number of hydrogen-bond acceptors (Lipinski definition) is 3. The molecule has 0 radical (unpaired) electrons. The number of aliphatic carboxylic acids is 1. The van der Waals surface area contributed by atoms with Crippen LogP contribution in [-0.4, -0.2) is 18.2 Å². The van der Waals surface area contributed by atoms with E-state index in [4.69, 9.17) is 9.47 Å². The molecule has 4 nitrogen and oxygen atoms in total. The fourth-order valence-corrected chi connectivity index (χ4v) is 5.12. The zero-order valence-corrected chi connectivity index (χ0v) is 22.1. The molecule has 2 atom stereocenters. The monoisotopic (exact) mass is 526 g/mol. The van der Waals surface area contributed by atoms with Crippen LogP contribution in [0.5, 0.6) is 5.75 Å². The molecule has 0 aromatic heterocycles. The predicted octanol–water partition coefficient (Wildman–Crippen LogP) is 8.05. The molecule has 0 heterocycles. The Balaban J connectivity index is 1.66. The highest BCUT2D eigenvalue weighted by Crippen LogP contribution is 2.46. The van der Waals surface area contributed by atoms with Crippen molar-refractivity contribution in [3.8, 4) is 16.9 Å². The first kappa shape index (κ1) is 27.7. The van der Waals surface area contributed by atoms with Gasteiger partial charge in [-0.05, 0) is 76.8 Å². The number of benzene rings is 3. The van der Waals surface area contributed by atoms with Gasteiger partial charge in [0, 0.05) is 18.6 Å². The van der Waals surface area contributed by atoms with Crippen LogP contribution in [0.25, 0.3) is 11.1 Å². The minimum atomic E-state index is -0.957. The maximum Gasteiger partial charge on any atom is 0.303 e. The lowest BCUT2D eigenvalue weighted by Crippen LogP contribution is -2.21. The van der Waals surface area contributed by atoms with Crippen molar-refractivity contribution in [2.75, 3.05) is 7.11 Å². The zero-order valence-electron chi connectivity index (χ0n) is 22.1. The Morgan fingerprint density at radius 2 is 1.74 bits per heavy atom. The highest BCUT2D eigenvalue weighted by molar-refractivity contribution is 5.69. The average molecular weight is 527 g/mol. The summed E-state index contributed by atoms with van der Waals surface area (Å²) in [6.07, 6.45) is 1.20. The number of carboxylic acid groups (broad SMARTS) is 1. The topological polar surface area (TPSA) is 55.8 Å². The molecule has 0 amide bonds. The fourth-order valence-electron chi connectivity index (χ4n) is 5.12. The molecule has 3 aromatic rings. The van der Waals surface area contributed by atoms with Crippen LogP contribution in [0.4, 0.5) is 13.2 Å². The lowest BCUT2D eigenvalue weighted by Gasteiger charge is -2.32. The van der Waals surface area contributed by atoms with E-state index in [0.717, 1.165) is 31.0 Å². The second-order valence-electron chi connectivity index (χ2n) is 11.0. The summed E-state index contributed by atoms with van der Waals surface area (Å²) >= 11 is 0. The van der Waals surface area contributed by atoms with Crippen LogP contribution in [-0.2, 0) is 16.1 Å². The van der Waals surface area contributed by atoms with Gasteiger partial charge in [0.05, 0.1) is 12.5 Å². The lowest BCUT2D eigenvalue weighted by atomic mass is 9.81. The van der Waals surface area contributed by atoms with Crippen molar-refractivity contribution >= 4 is 5.97 Å². The van der Waals surface area contributed by atoms with E-state index in [1.165, 1.54) is 6.07 Å². The van der Waals surface area contributed by atoms with Crippen molar-refractivity contribution < 1.29 is 32.5 Å². The van der Waals surface area contributed by atoms with Crippen LogP contribution in [0.3, 0.4) is 0 Å². The molecule has 0 bridgehead atoms. The number of rotatable bonds is 10. The van der Waals surface area contributed by atoms with Gasteiger partial charge in [-0.1, -0.05) is 45.0 Å². The molecule has 1 saturated carbocycles. The van der Waals surface area contributed by atoms with Gasteiger partial charge in [-0.3, -0.25) is 4.79 Å². The highest BCUT2D eigenvalue weighted by atomic mass is 19.1. The van der Waals surface area contributed by atoms with Gasteiger partial charge < -0.3 is 14.6 Å². The van der Waals surface area contributed by atoms with E-state index < -0.39 is 35.4 Å². The minimum absolute atomic E-state index is 0.0207. The molecule has 0 unspecified atom stereocenters. The average Bonchev–Trinajstić information content (AvgIpc) is 3.69. The molecule has 1 aliphatic carbocycles. The third-order valence-corrected chi connectivity index (χ3v) is 7.01. The Kier molecular flexibility index (Phi) is 8.16. The van der Waals surface area contributed by atoms with E-state index >= 15 is 4.39 Å². The number of halogens is 3. The third-order valence-electron chi connectivity index (χ3n) is 7.01. The van der Waals surface area contributed by atoms with Crippen LogP contribution in [0.1, 0.15) is 68.7 Å². The van der Waals surface area contributed by atoms with Gasteiger partial charge >= 0.3 is 5.97 Å². The van der Waals surface area contributed by atoms with Crippen LogP contribution in [0.15, 0.2) is 54.6 Å². The van der Waals surface area contributed by atoms with E-state index in [0.29, 0.717) is 22.3 Å². The number of carbonyl (C=O) groups is 1. The molecule has 1 aliphatic rings. The minimum Gasteiger partial charge on any atom is -0.486 e. The van der Waals surface area contributed by atoms with Gasteiger partial charge in [-0.2, -0.15) is 0 Å². The van der Waals surface area contributed by atoms with Crippen LogP contribution in [0.2, 0.25) is 0 Å². The Morgan fingerprint density at radius 3 is 2.37 bits per heavy atom. The van der Waals surface area contributed by atoms with Gasteiger partial charge in [-0.15, -0.1) is 0 Å². The van der Waals surface area contributed by atoms with Crippen LogP contribution >= 0.6 is 0 Å². The Bertz CT molecular complexity index is 1310. The fraction of sp³-hybridized carbons (Fsp3) is 0.387. The summed E-state index contributed by atoms with van der Waals surface area (Å²) < 4.78 is 55.9. The molecule has 1 fully saturated rings. The summed E-state index contributed by atoms with van der Waals surface area (Å²) in [5.41, 5.74) is 1.98. The summed E-state index contributed by atoms with van der Waals surface area (Å²) in [6, 6.07) is 13.4. The van der Waals surface area contributed by atoms with Gasteiger partial charge in [-0.25, -0.2) is 13.2 Å². The lowest BCUT2D eigenvalue weighted by molar-refractivity contribution is -0.137. The molecule has 0 spiro atoms. The molecular weight excluding hydrogens is 493 g/mol. The molecule has 0 aliphatic heterocycles. The van der Waals surface area contributed by atoms with Crippen molar-refractivity contribution in [3.63, 3.8) is 0 Å². The summed E-state index contributed by atoms with van der Waals surface area (Å²) in [7, 11) is 1.57. The van der Waals surface area contributed by atoms with Gasteiger partial charge in [0.1, 0.15) is 18.2 Å². The van der Waals surface area contributed by atoms with Crippen molar-refractivity contribution in [3.05, 3.63) is 88.7 Å². The largest absolute Gasteiger partial charge is 0.486 e. The van der Waals surface area contributed by atoms with Crippen molar-refractivity contribution in [1.29, 1.82) is 0 Å². The summed E-state index contributed by atoms with van der Waals surface area (Å²) in [6.45, 7) is 5.99. The first-order valence-corrected chi connectivity index (χ1v) is 12.7. The van der Waals surface area contributed by atoms with E-state index in [1.54, 1.807) is 31.4 Å². The second kappa shape index (κ2) is 11.2. The highest BCUT2D eigenvalue weighted by Gasteiger charge is 2.36. The van der Waals surface area contributed by atoms with Gasteiger partial charge in [0.15, 0.2) is 11.6 Å². The maximum atomic E-state index is 15.4. The molecule has 38 heavy (non-hydrogen) atoms. The van der Waals surface area contributed by atoms with Gasteiger partial charge in [0.2, 0.25) is 0 Å². The standard InChI is InChI=1S/C31H33F3O4/c1-31(2,3)30(37-4)25-14-18(8-12-21(25)24-15-20(32)11-13-26(24)33)17-38-27-7-5-6-22(29(27)34)23(16-28(35)36)19-9-10-19/h5-8,11-15,19,23,30H,9-10,16-17H2,1-4H3,(H,35,36)/t23-,30+/m1/s1. The number of ether oxygens (including phenoxy) is 2. The predicted molar refractivity (Wildman–Crippen MR) is 139 cm³/mol. The number of hydrogen-bond donors (Lipinski definition) is 1. The SMILES string of the molecule is CO[C@@H](c1cc(COc2cccc([C@H](CC(=O)O)C3CC3)c2F)ccc1-c1cc(F)ccc1F)C(C)(C)C. The number of methoxy groups -OCH3 is 1. The second-order valence-corrected chi connectivity index (χ2v) is 11.0. The summed E-state index contributed by atoms with van der Waals surface area (Å²) in [4.78, 5) is 11.4. The number of carboxylic acids is 1. The first-order valence-electron chi connectivity index (χ1n) is 12.7. The molecule has 202 valence electrons. The van der Waals surface area contributed by atoms with E-state index in [9.17, 15) is 18.7 Å². The first-order chi connectivity index (χ1) is 18.0. The Hall–Kier alpha value is -3.32. The van der Waals surface area contributed by atoms with E-state index in [2.05, 4.69) is 0 Å². The molecule has 7 heteroatoms. The molecule has 3 aromatic carbocycles. The molecule has 1 N–H and O–H groups in total. The normalized spacial score (nSPS) is 15.2. The third kappa shape index (κ3) is 6.21. The Morgan fingerprint density at radius 1 is 1.00 bits per heavy atom. The molecule has 4 rings (SSSR count). The maximum absolute atomic E-state index is 15.4. The summed E-state index contributed by atoms with van der Waals surface area (Å²) in [5.74, 6) is -2.79. The van der Waals surface area contributed by atoms with Crippen LogP contribution in [0, 0.1) is 28.8 Å². The van der Waals surface area contributed by atoms with Gasteiger partial charge in [0.25, 0.3) is 0 Å². The van der Waals surface area contributed by atoms with Crippen molar-refractivity contribution in [2.45, 2.75) is 58.7 Å². The van der Waals surface area contributed by atoms with Crippen LogP contribution < -0.4 is 4.74 Å². The smallest absolute Gasteiger partial charge is 0.303 e. The Labute approximate surface area is 221 Å². The molecular formula is C31H33F3O4. The van der Waals surface area contributed by atoms with Crippen molar-refractivity contribution in [1.82, 2.24) is 0 Å². The van der Waals surface area contributed by atoms with Crippen molar-refractivity contribution in [2.24, 2.45) is 11.3 Å². The van der Waals surface area contributed by atoms with E-state index in [-0.39, 0.29) is 35.7 Å². The molecule has 0 saturated heterocycles.